The van der Waals surface area contributed by atoms with Crippen LogP contribution in [0.4, 0.5) is 11.4 Å². The number of benzene rings is 3. The third-order valence-electron chi connectivity index (χ3n) is 3.91. The van der Waals surface area contributed by atoms with Gasteiger partial charge in [-0.3, -0.25) is 9.59 Å². The first-order valence-electron chi connectivity index (χ1n) is 7.92. The van der Waals surface area contributed by atoms with E-state index < -0.39 is 0 Å². The van der Waals surface area contributed by atoms with Gasteiger partial charge in [-0.05, 0) is 31.2 Å². The number of anilines is 2. The highest BCUT2D eigenvalue weighted by Gasteiger charge is 2.17. The molecule has 0 aliphatic rings. The zero-order valence-electron chi connectivity index (χ0n) is 13.8. The number of nitrogens with two attached hydrogens (primary N) is 1. The molecule has 0 aliphatic heterocycles. The largest absolute Gasteiger partial charge is 0.398 e. The molecular formula is C21H18N2O2. The van der Waals surface area contributed by atoms with Gasteiger partial charge in [-0.15, -0.1) is 0 Å². The molecule has 0 radical (unpaired) electrons. The van der Waals surface area contributed by atoms with Crippen molar-refractivity contribution in [2.24, 2.45) is 0 Å². The van der Waals surface area contributed by atoms with Crippen LogP contribution in [0.2, 0.25) is 0 Å². The van der Waals surface area contributed by atoms with Gasteiger partial charge in [-0.25, -0.2) is 0 Å². The van der Waals surface area contributed by atoms with Gasteiger partial charge in [0.25, 0.3) is 5.91 Å². The molecule has 25 heavy (non-hydrogen) atoms. The number of amides is 1. The van der Waals surface area contributed by atoms with Crippen LogP contribution in [0.3, 0.4) is 0 Å². The summed E-state index contributed by atoms with van der Waals surface area (Å²) in [7, 11) is 0. The maximum absolute atomic E-state index is 12.8. The van der Waals surface area contributed by atoms with E-state index in [1.54, 1.807) is 48.5 Å². The molecule has 124 valence electrons. The second-order valence-corrected chi connectivity index (χ2v) is 5.79. The number of ketones is 1. The predicted octanol–water partition coefficient (Wildman–Crippen LogP) is 4.06. The van der Waals surface area contributed by atoms with E-state index in [0.717, 1.165) is 5.56 Å². The molecular weight excluding hydrogens is 312 g/mol. The first kappa shape index (κ1) is 16.5. The number of aryl methyl sites for hydroxylation is 1. The van der Waals surface area contributed by atoms with Crippen LogP contribution in [0.1, 0.15) is 31.8 Å². The average Bonchev–Trinajstić information content (AvgIpc) is 2.63. The zero-order valence-corrected chi connectivity index (χ0v) is 13.8. The summed E-state index contributed by atoms with van der Waals surface area (Å²) < 4.78 is 0. The summed E-state index contributed by atoms with van der Waals surface area (Å²) in [4.78, 5) is 25.4. The van der Waals surface area contributed by atoms with Crippen molar-refractivity contribution >= 4 is 23.1 Å². The van der Waals surface area contributed by atoms with E-state index in [2.05, 4.69) is 5.32 Å². The summed E-state index contributed by atoms with van der Waals surface area (Å²) in [5.74, 6) is -0.482. The summed E-state index contributed by atoms with van der Waals surface area (Å²) in [6, 6.07) is 21.2. The quantitative estimate of drug-likeness (QED) is 0.560. The van der Waals surface area contributed by atoms with Crippen LogP contribution in [0.5, 0.6) is 0 Å². The molecule has 0 atom stereocenters. The van der Waals surface area contributed by atoms with Crippen LogP contribution in [-0.4, -0.2) is 11.7 Å². The summed E-state index contributed by atoms with van der Waals surface area (Å²) in [5, 5.41) is 2.81. The lowest BCUT2D eigenvalue weighted by Gasteiger charge is -2.12. The molecule has 0 bridgehead atoms. The van der Waals surface area contributed by atoms with E-state index in [-0.39, 0.29) is 11.7 Å². The van der Waals surface area contributed by atoms with E-state index in [0.29, 0.717) is 28.1 Å². The number of carbonyl (C=O) groups is 2. The molecule has 0 saturated heterocycles. The fourth-order valence-electron chi connectivity index (χ4n) is 2.59. The molecule has 3 N–H and O–H groups in total. The van der Waals surface area contributed by atoms with Gasteiger partial charge >= 0.3 is 0 Å². The van der Waals surface area contributed by atoms with E-state index in [1.165, 1.54) is 0 Å². The highest BCUT2D eigenvalue weighted by atomic mass is 16.2. The van der Waals surface area contributed by atoms with Crippen molar-refractivity contribution in [2.45, 2.75) is 6.92 Å². The van der Waals surface area contributed by atoms with Crippen molar-refractivity contribution in [1.82, 2.24) is 0 Å². The summed E-state index contributed by atoms with van der Waals surface area (Å²) in [6.07, 6.45) is 0. The third-order valence-corrected chi connectivity index (χ3v) is 3.91. The van der Waals surface area contributed by atoms with E-state index in [9.17, 15) is 9.59 Å². The Bertz CT molecular complexity index is 934. The number of carbonyl (C=O) groups excluding carboxylic acids is 2. The maximum atomic E-state index is 12.8. The first-order chi connectivity index (χ1) is 12.1. The second kappa shape index (κ2) is 7.01. The fraction of sp³-hybridized carbons (Fsp3) is 0.0476. The Labute approximate surface area is 146 Å². The number of hydrogen-bond acceptors (Lipinski definition) is 3. The van der Waals surface area contributed by atoms with Crippen molar-refractivity contribution < 1.29 is 9.59 Å². The molecule has 1 amide bonds. The van der Waals surface area contributed by atoms with Gasteiger partial charge in [-0.1, -0.05) is 54.1 Å². The van der Waals surface area contributed by atoms with Crippen molar-refractivity contribution in [3.05, 3.63) is 95.1 Å². The number of hydrogen-bond donors (Lipinski definition) is 2. The number of nitrogen functional groups attached to an aromatic ring is 1. The Kier molecular flexibility index (Phi) is 4.61. The Hall–Kier alpha value is -3.40. The topological polar surface area (TPSA) is 72.2 Å². The molecule has 0 unspecified atom stereocenters. The Morgan fingerprint density at radius 3 is 2.24 bits per heavy atom. The molecule has 0 saturated carbocycles. The van der Waals surface area contributed by atoms with Crippen LogP contribution in [0, 0.1) is 6.92 Å². The Morgan fingerprint density at radius 2 is 1.52 bits per heavy atom. The minimum absolute atomic E-state index is 0.138. The highest BCUT2D eigenvalue weighted by molar-refractivity contribution is 6.16. The number of para-hydroxylation sites is 1. The van der Waals surface area contributed by atoms with Crippen molar-refractivity contribution in [1.29, 1.82) is 0 Å². The van der Waals surface area contributed by atoms with Gasteiger partial charge in [0.15, 0.2) is 5.78 Å². The standard InChI is InChI=1S/C21H18N2O2/c1-14-11-12-19(23-21(25)16-9-5-6-10-18(16)22)17(13-14)20(24)15-7-3-2-4-8-15/h2-13H,22H2,1H3,(H,23,25). The lowest BCUT2D eigenvalue weighted by atomic mass is 9.99. The van der Waals surface area contributed by atoms with Crippen LogP contribution >= 0.6 is 0 Å². The molecule has 0 fully saturated rings. The van der Waals surface area contributed by atoms with Gasteiger partial charge in [-0.2, -0.15) is 0 Å². The molecule has 3 aromatic rings. The van der Waals surface area contributed by atoms with E-state index >= 15 is 0 Å². The second-order valence-electron chi connectivity index (χ2n) is 5.79. The summed E-state index contributed by atoms with van der Waals surface area (Å²) in [5.41, 5.74) is 9.06. The number of nitrogens with one attached hydrogen (secondary N) is 1. The van der Waals surface area contributed by atoms with Crippen LogP contribution in [0.25, 0.3) is 0 Å². The predicted molar refractivity (Wildman–Crippen MR) is 99.9 cm³/mol. The first-order valence-corrected chi connectivity index (χ1v) is 7.92. The van der Waals surface area contributed by atoms with Crippen molar-refractivity contribution in [2.75, 3.05) is 11.1 Å². The minimum atomic E-state index is -0.343. The van der Waals surface area contributed by atoms with Gasteiger partial charge in [0.2, 0.25) is 0 Å². The normalized spacial score (nSPS) is 10.3. The van der Waals surface area contributed by atoms with Crippen LogP contribution in [0.15, 0.2) is 72.8 Å². The molecule has 4 heteroatoms. The van der Waals surface area contributed by atoms with E-state index in [4.69, 9.17) is 5.73 Å². The third kappa shape index (κ3) is 3.58. The monoisotopic (exact) mass is 330 g/mol. The SMILES string of the molecule is Cc1ccc(NC(=O)c2ccccc2N)c(C(=O)c2ccccc2)c1. The van der Waals surface area contributed by atoms with Gasteiger partial charge in [0.05, 0.1) is 11.3 Å². The molecule has 0 spiro atoms. The Morgan fingerprint density at radius 1 is 0.840 bits per heavy atom. The Balaban J connectivity index is 1.96. The molecule has 0 heterocycles. The molecule has 4 nitrogen and oxygen atoms in total. The van der Waals surface area contributed by atoms with Gasteiger partial charge < -0.3 is 11.1 Å². The smallest absolute Gasteiger partial charge is 0.257 e. The molecule has 3 rings (SSSR count). The van der Waals surface area contributed by atoms with Gasteiger partial charge in [0.1, 0.15) is 0 Å². The molecule has 3 aromatic carbocycles. The van der Waals surface area contributed by atoms with Crippen LogP contribution in [-0.2, 0) is 0 Å². The van der Waals surface area contributed by atoms with Crippen LogP contribution < -0.4 is 11.1 Å². The summed E-state index contributed by atoms with van der Waals surface area (Å²) >= 11 is 0. The fourth-order valence-corrected chi connectivity index (χ4v) is 2.59. The average molecular weight is 330 g/mol. The lowest BCUT2D eigenvalue weighted by Crippen LogP contribution is -2.16. The zero-order chi connectivity index (χ0) is 17.8. The highest BCUT2D eigenvalue weighted by Crippen LogP contribution is 2.23. The van der Waals surface area contributed by atoms with Gasteiger partial charge in [0, 0.05) is 16.8 Å². The molecule has 0 aromatic heterocycles. The molecule has 0 aliphatic carbocycles. The summed E-state index contributed by atoms with van der Waals surface area (Å²) in [6.45, 7) is 1.91. The van der Waals surface area contributed by atoms with Crippen molar-refractivity contribution in [3.63, 3.8) is 0 Å². The number of rotatable bonds is 4. The lowest BCUT2D eigenvalue weighted by molar-refractivity contribution is 0.102. The van der Waals surface area contributed by atoms with E-state index in [1.807, 2.05) is 31.2 Å². The van der Waals surface area contributed by atoms with Crippen molar-refractivity contribution in [3.8, 4) is 0 Å². The minimum Gasteiger partial charge on any atom is -0.398 e. The maximum Gasteiger partial charge on any atom is 0.257 e.